The Bertz CT molecular complexity index is 529. The molecule has 0 bridgehead atoms. The van der Waals surface area contributed by atoms with Gasteiger partial charge in [0.05, 0.1) is 12.0 Å². The molecule has 0 aliphatic carbocycles. The summed E-state index contributed by atoms with van der Waals surface area (Å²) in [6.07, 6.45) is 2.31. The Hall–Kier alpha value is -1.56. The number of thiophene rings is 1. The monoisotopic (exact) mass is 310 g/mol. The average Bonchev–Trinajstić information content (AvgIpc) is 2.92. The maximum atomic E-state index is 12.2. The van der Waals surface area contributed by atoms with E-state index in [2.05, 4.69) is 18.3 Å². The predicted molar refractivity (Wildman–Crippen MR) is 82.5 cm³/mol. The Morgan fingerprint density at radius 1 is 1.52 bits per heavy atom. The number of hydrogen-bond acceptors (Lipinski definition) is 3. The number of rotatable bonds is 4. The molecule has 0 radical (unpaired) electrons. The molecule has 5 nitrogen and oxygen atoms in total. The molecule has 0 aromatic carbocycles. The molecule has 6 heteroatoms. The highest BCUT2D eigenvalue weighted by molar-refractivity contribution is 7.10. The molecule has 2 rings (SSSR count). The van der Waals surface area contributed by atoms with Gasteiger partial charge in [0.2, 0.25) is 0 Å². The van der Waals surface area contributed by atoms with Crippen LogP contribution in [0.3, 0.4) is 0 Å². The molecular weight excluding hydrogens is 288 g/mol. The highest BCUT2D eigenvalue weighted by atomic mass is 32.1. The van der Waals surface area contributed by atoms with Crippen molar-refractivity contribution in [2.45, 2.75) is 39.7 Å². The molecule has 0 spiro atoms. The fraction of sp³-hybridized carbons (Fsp3) is 0.600. The van der Waals surface area contributed by atoms with Crippen LogP contribution in [-0.4, -0.2) is 35.1 Å². The van der Waals surface area contributed by atoms with Crippen molar-refractivity contribution in [1.82, 2.24) is 10.2 Å². The second-order valence-corrected chi connectivity index (χ2v) is 6.77. The fourth-order valence-corrected chi connectivity index (χ4v) is 3.61. The van der Waals surface area contributed by atoms with Crippen molar-refractivity contribution in [3.63, 3.8) is 0 Å². The summed E-state index contributed by atoms with van der Waals surface area (Å²) in [7, 11) is 0. The highest BCUT2D eigenvalue weighted by Gasteiger charge is 2.39. The van der Waals surface area contributed by atoms with E-state index in [1.54, 1.807) is 23.2 Å². The topological polar surface area (TPSA) is 69.6 Å². The first kappa shape index (κ1) is 15.8. The third-order valence-corrected chi connectivity index (χ3v) is 5.08. The SMILES string of the molecule is CCc1ccsc1CNC(=O)N1CCCC(C)(C(=O)O)C1. The summed E-state index contributed by atoms with van der Waals surface area (Å²) < 4.78 is 0. The lowest BCUT2D eigenvalue weighted by molar-refractivity contribution is -0.150. The Kier molecular flexibility index (Phi) is 4.88. The summed E-state index contributed by atoms with van der Waals surface area (Å²) in [5, 5.41) is 14.2. The number of hydrogen-bond donors (Lipinski definition) is 2. The largest absolute Gasteiger partial charge is 0.481 e. The van der Waals surface area contributed by atoms with Crippen molar-refractivity contribution in [2.24, 2.45) is 5.41 Å². The van der Waals surface area contributed by atoms with Gasteiger partial charge in [-0.3, -0.25) is 4.79 Å². The molecule has 1 aliphatic rings. The first-order chi connectivity index (χ1) is 9.96. The molecule has 1 atom stereocenters. The summed E-state index contributed by atoms with van der Waals surface area (Å²) in [6.45, 7) is 5.22. The van der Waals surface area contributed by atoms with E-state index in [0.29, 0.717) is 19.5 Å². The van der Waals surface area contributed by atoms with Crippen LogP contribution in [0.1, 0.15) is 37.1 Å². The Balaban J connectivity index is 1.93. The molecule has 1 saturated heterocycles. The van der Waals surface area contributed by atoms with E-state index >= 15 is 0 Å². The maximum Gasteiger partial charge on any atom is 0.317 e. The van der Waals surface area contributed by atoms with Gasteiger partial charge >= 0.3 is 12.0 Å². The van der Waals surface area contributed by atoms with Gasteiger partial charge in [0.25, 0.3) is 0 Å². The van der Waals surface area contributed by atoms with Crippen molar-refractivity contribution >= 4 is 23.3 Å². The number of piperidine rings is 1. The van der Waals surface area contributed by atoms with Crippen LogP contribution in [0.25, 0.3) is 0 Å². The number of carboxylic acid groups (broad SMARTS) is 1. The van der Waals surface area contributed by atoms with E-state index in [1.165, 1.54) is 10.4 Å². The van der Waals surface area contributed by atoms with E-state index in [-0.39, 0.29) is 12.6 Å². The lowest BCUT2D eigenvalue weighted by Gasteiger charge is -2.37. The molecule has 116 valence electrons. The zero-order valence-electron chi connectivity index (χ0n) is 12.5. The van der Waals surface area contributed by atoms with Crippen molar-refractivity contribution in [3.05, 3.63) is 21.9 Å². The van der Waals surface area contributed by atoms with Crippen LogP contribution in [0.4, 0.5) is 4.79 Å². The zero-order chi connectivity index (χ0) is 15.5. The number of nitrogens with one attached hydrogen (secondary N) is 1. The van der Waals surface area contributed by atoms with Crippen LogP contribution in [0.5, 0.6) is 0 Å². The van der Waals surface area contributed by atoms with Gasteiger partial charge in [-0.15, -0.1) is 11.3 Å². The van der Waals surface area contributed by atoms with E-state index < -0.39 is 11.4 Å². The maximum absolute atomic E-state index is 12.2. The van der Waals surface area contributed by atoms with Crippen molar-refractivity contribution in [3.8, 4) is 0 Å². The number of aryl methyl sites for hydroxylation is 1. The molecule has 1 aliphatic heterocycles. The quantitative estimate of drug-likeness (QED) is 0.898. The van der Waals surface area contributed by atoms with Crippen LogP contribution in [0.15, 0.2) is 11.4 Å². The number of nitrogens with zero attached hydrogens (tertiary/aromatic N) is 1. The zero-order valence-corrected chi connectivity index (χ0v) is 13.3. The third-order valence-electron chi connectivity index (χ3n) is 4.12. The average molecular weight is 310 g/mol. The van der Waals surface area contributed by atoms with Crippen molar-refractivity contribution < 1.29 is 14.7 Å². The minimum absolute atomic E-state index is 0.169. The van der Waals surface area contributed by atoms with E-state index in [1.807, 2.05) is 5.38 Å². The minimum Gasteiger partial charge on any atom is -0.481 e. The minimum atomic E-state index is -0.827. The molecule has 21 heavy (non-hydrogen) atoms. The van der Waals surface area contributed by atoms with Crippen LogP contribution in [-0.2, 0) is 17.8 Å². The Labute approximate surface area is 129 Å². The predicted octanol–water partition coefficient (Wildman–Crippen LogP) is 2.71. The van der Waals surface area contributed by atoms with E-state index in [0.717, 1.165) is 12.8 Å². The van der Waals surface area contributed by atoms with Crippen LogP contribution < -0.4 is 5.32 Å². The number of amides is 2. The third kappa shape index (κ3) is 3.56. The Morgan fingerprint density at radius 2 is 2.29 bits per heavy atom. The second kappa shape index (κ2) is 6.47. The molecule has 2 amide bonds. The van der Waals surface area contributed by atoms with Gasteiger partial charge < -0.3 is 15.3 Å². The standard InChI is InChI=1S/C15H22N2O3S/c1-3-11-5-8-21-12(11)9-16-14(20)17-7-4-6-15(2,10-17)13(18)19/h5,8H,3-4,6-7,9-10H2,1-2H3,(H,16,20)(H,18,19). The number of carbonyl (C=O) groups is 2. The number of urea groups is 1. The molecule has 1 fully saturated rings. The summed E-state index contributed by atoms with van der Waals surface area (Å²) in [4.78, 5) is 26.3. The smallest absolute Gasteiger partial charge is 0.317 e. The lowest BCUT2D eigenvalue weighted by Crippen LogP contribution is -2.51. The van der Waals surface area contributed by atoms with Gasteiger partial charge in [0.1, 0.15) is 0 Å². The number of carboxylic acids is 1. The second-order valence-electron chi connectivity index (χ2n) is 5.77. The molecule has 2 N–H and O–H groups in total. The molecular formula is C15H22N2O3S. The van der Waals surface area contributed by atoms with Gasteiger partial charge in [0.15, 0.2) is 0 Å². The summed E-state index contributed by atoms with van der Waals surface area (Å²) >= 11 is 1.64. The van der Waals surface area contributed by atoms with Crippen molar-refractivity contribution in [1.29, 1.82) is 0 Å². The molecule has 1 unspecified atom stereocenters. The lowest BCUT2D eigenvalue weighted by atomic mass is 9.82. The van der Waals surface area contributed by atoms with Gasteiger partial charge in [-0.25, -0.2) is 4.79 Å². The van der Waals surface area contributed by atoms with E-state index in [9.17, 15) is 14.7 Å². The van der Waals surface area contributed by atoms with Gasteiger partial charge in [0, 0.05) is 18.0 Å². The fourth-order valence-electron chi connectivity index (χ4n) is 2.69. The van der Waals surface area contributed by atoms with Gasteiger partial charge in [-0.1, -0.05) is 6.92 Å². The molecule has 2 heterocycles. The van der Waals surface area contributed by atoms with Crippen LogP contribution >= 0.6 is 11.3 Å². The van der Waals surface area contributed by atoms with Crippen LogP contribution in [0, 0.1) is 5.41 Å². The number of likely N-dealkylation sites (tertiary alicyclic amines) is 1. The van der Waals surface area contributed by atoms with E-state index in [4.69, 9.17) is 0 Å². The van der Waals surface area contributed by atoms with Gasteiger partial charge in [-0.05, 0) is 43.2 Å². The highest BCUT2D eigenvalue weighted by Crippen LogP contribution is 2.29. The first-order valence-electron chi connectivity index (χ1n) is 7.27. The van der Waals surface area contributed by atoms with Gasteiger partial charge in [-0.2, -0.15) is 0 Å². The first-order valence-corrected chi connectivity index (χ1v) is 8.15. The molecule has 0 saturated carbocycles. The summed E-state index contributed by atoms with van der Waals surface area (Å²) in [6, 6.07) is 1.91. The number of carbonyl (C=O) groups excluding carboxylic acids is 1. The summed E-state index contributed by atoms with van der Waals surface area (Å²) in [5.41, 5.74) is 0.432. The Morgan fingerprint density at radius 3 is 2.95 bits per heavy atom. The van der Waals surface area contributed by atoms with Crippen molar-refractivity contribution in [2.75, 3.05) is 13.1 Å². The molecule has 1 aromatic rings. The summed E-state index contributed by atoms with van der Waals surface area (Å²) in [5.74, 6) is -0.827. The normalized spacial score (nSPS) is 22.1. The molecule has 1 aromatic heterocycles. The van der Waals surface area contributed by atoms with Crippen LogP contribution in [0.2, 0.25) is 0 Å². The number of aliphatic carboxylic acids is 1.